The summed E-state index contributed by atoms with van der Waals surface area (Å²) in [5.41, 5.74) is 4.59. The Morgan fingerprint density at radius 3 is 2.58 bits per heavy atom. The van der Waals surface area contributed by atoms with Gasteiger partial charge in [0.2, 0.25) is 15.2 Å². The normalized spacial score (nSPS) is 13.6. The Bertz CT molecular complexity index is 1960. The summed E-state index contributed by atoms with van der Waals surface area (Å²) < 4.78 is 40.2. The lowest BCUT2D eigenvalue weighted by atomic mass is 9.96. The molecule has 1 aliphatic carbocycles. The summed E-state index contributed by atoms with van der Waals surface area (Å²) >= 11 is 2.82. The standard InChI is InChI=1S/C30H28FN5O4S3/c1-16(2)25-14-33-28(42-25)20-5-3-4-19(13-20)27-21(10-18-8-9-26(22(31)11-18)43(32,39)40)24(12-17-6-7-17)36(35-27)30-34-23(15-41-30)29(37)38/h3-5,8-9,11,13-17H,6-7,10,12H2,1-2H3,(H,37,38)(H2,32,39,40). The van der Waals surface area contributed by atoms with Crippen molar-refractivity contribution in [2.75, 3.05) is 0 Å². The lowest BCUT2D eigenvalue weighted by Gasteiger charge is -2.10. The van der Waals surface area contributed by atoms with Gasteiger partial charge in [0.1, 0.15) is 15.7 Å². The van der Waals surface area contributed by atoms with Crippen molar-refractivity contribution in [2.45, 2.75) is 50.3 Å². The van der Waals surface area contributed by atoms with Crippen molar-refractivity contribution < 1.29 is 22.7 Å². The lowest BCUT2D eigenvalue weighted by molar-refractivity contribution is 0.0691. The first-order valence-corrected chi connectivity index (χ1v) is 16.9. The summed E-state index contributed by atoms with van der Waals surface area (Å²) in [4.78, 5) is 21.2. The average molecular weight is 638 g/mol. The van der Waals surface area contributed by atoms with Crippen LogP contribution in [-0.2, 0) is 22.9 Å². The van der Waals surface area contributed by atoms with E-state index < -0.39 is 26.7 Å². The SMILES string of the molecule is CC(C)c1cnc(-c2cccc(-c3nn(-c4nc(C(=O)O)cs4)c(CC4CC4)c3Cc3ccc(S(N)(=O)=O)c(F)c3)c2)s1. The van der Waals surface area contributed by atoms with Crippen LogP contribution in [0.1, 0.15) is 64.8 Å². The van der Waals surface area contributed by atoms with Crippen LogP contribution >= 0.6 is 22.7 Å². The van der Waals surface area contributed by atoms with Crippen LogP contribution in [0.4, 0.5) is 4.39 Å². The van der Waals surface area contributed by atoms with Gasteiger partial charge < -0.3 is 5.11 Å². The van der Waals surface area contributed by atoms with Gasteiger partial charge in [0.15, 0.2) is 5.69 Å². The highest BCUT2D eigenvalue weighted by Gasteiger charge is 2.30. The number of aromatic nitrogens is 4. The molecule has 0 amide bonds. The fourth-order valence-electron chi connectivity index (χ4n) is 4.90. The molecule has 0 saturated heterocycles. The number of carboxylic acid groups (broad SMARTS) is 1. The Morgan fingerprint density at radius 2 is 1.95 bits per heavy atom. The minimum absolute atomic E-state index is 0.0663. The van der Waals surface area contributed by atoms with E-state index in [1.165, 1.54) is 33.7 Å². The van der Waals surface area contributed by atoms with Gasteiger partial charge in [0.25, 0.3) is 0 Å². The molecular weight excluding hydrogens is 610 g/mol. The lowest BCUT2D eigenvalue weighted by Crippen LogP contribution is -2.14. The fourth-order valence-corrected chi connectivity index (χ4v) is 7.18. The van der Waals surface area contributed by atoms with Crippen LogP contribution in [0.3, 0.4) is 0 Å². The van der Waals surface area contributed by atoms with Crippen LogP contribution < -0.4 is 5.14 Å². The number of halogens is 1. The Kier molecular flexibility index (Phi) is 7.75. The molecule has 0 aliphatic heterocycles. The highest BCUT2D eigenvalue weighted by molar-refractivity contribution is 7.89. The second-order valence-electron chi connectivity index (χ2n) is 10.9. The van der Waals surface area contributed by atoms with Gasteiger partial charge in [-0.25, -0.2) is 37.4 Å². The molecule has 0 unspecified atom stereocenters. The molecule has 222 valence electrons. The summed E-state index contributed by atoms with van der Waals surface area (Å²) in [5.74, 6) is -1.24. The zero-order valence-corrected chi connectivity index (χ0v) is 25.8. The van der Waals surface area contributed by atoms with Gasteiger partial charge in [0, 0.05) is 39.6 Å². The first kappa shape index (κ1) is 29.3. The minimum atomic E-state index is -4.21. The average Bonchev–Trinajstić information content (AvgIpc) is 3.32. The topological polar surface area (TPSA) is 141 Å². The van der Waals surface area contributed by atoms with E-state index in [2.05, 4.69) is 23.8 Å². The molecule has 0 radical (unpaired) electrons. The number of hydrogen-bond acceptors (Lipinski definition) is 8. The molecule has 1 aliphatic rings. The monoisotopic (exact) mass is 637 g/mol. The summed E-state index contributed by atoms with van der Waals surface area (Å²) in [5, 5.41) is 22.5. The highest BCUT2D eigenvalue weighted by Crippen LogP contribution is 2.39. The van der Waals surface area contributed by atoms with Gasteiger partial charge in [-0.2, -0.15) is 5.10 Å². The highest BCUT2D eigenvalue weighted by atomic mass is 32.2. The Balaban J connectivity index is 1.51. The third kappa shape index (κ3) is 6.16. The van der Waals surface area contributed by atoms with Crippen molar-refractivity contribution in [1.82, 2.24) is 19.7 Å². The van der Waals surface area contributed by atoms with E-state index in [1.54, 1.807) is 22.1 Å². The van der Waals surface area contributed by atoms with Gasteiger partial charge in [-0.1, -0.05) is 38.1 Å². The van der Waals surface area contributed by atoms with Crippen LogP contribution in [0.2, 0.25) is 0 Å². The van der Waals surface area contributed by atoms with Gasteiger partial charge in [-0.3, -0.25) is 0 Å². The van der Waals surface area contributed by atoms with E-state index in [9.17, 15) is 22.7 Å². The van der Waals surface area contributed by atoms with E-state index in [4.69, 9.17) is 10.2 Å². The predicted octanol–water partition coefficient (Wildman–Crippen LogP) is 6.27. The van der Waals surface area contributed by atoms with Crippen molar-refractivity contribution in [3.8, 4) is 27.0 Å². The molecule has 6 rings (SSSR count). The summed E-state index contributed by atoms with van der Waals surface area (Å²) in [6.45, 7) is 4.25. The smallest absolute Gasteiger partial charge is 0.355 e. The number of rotatable bonds is 10. The minimum Gasteiger partial charge on any atom is -0.476 e. The molecule has 13 heteroatoms. The van der Waals surface area contributed by atoms with E-state index >= 15 is 0 Å². The summed E-state index contributed by atoms with van der Waals surface area (Å²) in [6.07, 6.45) is 4.97. The number of primary sulfonamides is 1. The molecule has 2 aromatic carbocycles. The van der Waals surface area contributed by atoms with Crippen LogP contribution in [0.25, 0.3) is 27.0 Å². The van der Waals surface area contributed by atoms with Gasteiger partial charge >= 0.3 is 5.97 Å². The molecule has 1 fully saturated rings. The maximum Gasteiger partial charge on any atom is 0.355 e. The number of nitrogens with zero attached hydrogens (tertiary/aromatic N) is 4. The predicted molar refractivity (Wildman–Crippen MR) is 164 cm³/mol. The first-order chi connectivity index (χ1) is 20.5. The second-order valence-corrected chi connectivity index (χ2v) is 14.4. The zero-order valence-electron chi connectivity index (χ0n) is 23.3. The van der Waals surface area contributed by atoms with Gasteiger partial charge in [-0.15, -0.1) is 22.7 Å². The van der Waals surface area contributed by atoms with E-state index in [1.807, 2.05) is 30.5 Å². The maximum absolute atomic E-state index is 14.9. The molecule has 5 aromatic rings. The van der Waals surface area contributed by atoms with Crippen molar-refractivity contribution >= 4 is 38.7 Å². The Morgan fingerprint density at radius 1 is 1.19 bits per heavy atom. The van der Waals surface area contributed by atoms with E-state index in [0.29, 0.717) is 34.6 Å². The molecule has 0 atom stereocenters. The van der Waals surface area contributed by atoms with Gasteiger partial charge in [0.05, 0.1) is 11.4 Å². The largest absolute Gasteiger partial charge is 0.476 e. The number of carboxylic acids is 1. The molecule has 3 N–H and O–H groups in total. The zero-order chi connectivity index (χ0) is 30.5. The van der Waals surface area contributed by atoms with Crippen LogP contribution in [0, 0.1) is 11.7 Å². The molecule has 3 aromatic heterocycles. The number of thiazole rings is 2. The van der Waals surface area contributed by atoms with Gasteiger partial charge in [-0.05, 0) is 54.9 Å². The number of carbonyl (C=O) groups is 1. The molecular formula is C30H28FN5O4S3. The first-order valence-electron chi connectivity index (χ1n) is 13.7. The van der Waals surface area contributed by atoms with Crippen molar-refractivity contribution in [1.29, 1.82) is 0 Å². The van der Waals surface area contributed by atoms with Crippen molar-refractivity contribution in [3.05, 3.63) is 87.3 Å². The van der Waals surface area contributed by atoms with Crippen LogP contribution in [-0.4, -0.2) is 39.2 Å². The van der Waals surface area contributed by atoms with Crippen LogP contribution in [0.15, 0.2) is 58.9 Å². The molecule has 0 bridgehead atoms. The van der Waals surface area contributed by atoms with Crippen molar-refractivity contribution in [3.63, 3.8) is 0 Å². The van der Waals surface area contributed by atoms with E-state index in [-0.39, 0.29) is 12.1 Å². The third-order valence-electron chi connectivity index (χ3n) is 7.32. The molecule has 3 heterocycles. The summed E-state index contributed by atoms with van der Waals surface area (Å²) in [6, 6.07) is 11.8. The number of benzene rings is 2. The maximum atomic E-state index is 14.9. The molecule has 1 saturated carbocycles. The summed E-state index contributed by atoms with van der Waals surface area (Å²) in [7, 11) is -4.21. The number of nitrogens with two attached hydrogens (primary N) is 1. The molecule has 0 spiro atoms. The molecule has 43 heavy (non-hydrogen) atoms. The number of sulfonamides is 1. The molecule has 9 nitrogen and oxygen atoms in total. The second kappa shape index (κ2) is 11.4. The fraction of sp³-hybridized carbons (Fsp3) is 0.267. The number of aromatic carboxylic acids is 1. The van der Waals surface area contributed by atoms with Crippen LogP contribution in [0.5, 0.6) is 0 Å². The Labute approximate surface area is 255 Å². The van der Waals surface area contributed by atoms with E-state index in [0.717, 1.165) is 40.2 Å². The van der Waals surface area contributed by atoms with Crippen molar-refractivity contribution in [2.24, 2.45) is 11.1 Å². The third-order valence-corrected chi connectivity index (χ3v) is 10.4. The quantitative estimate of drug-likeness (QED) is 0.184. The number of hydrogen-bond donors (Lipinski definition) is 2. The Hall–Kier alpha value is -3.78.